The molecule has 1 amide bonds. The molecule has 0 aromatic carbocycles. The first kappa shape index (κ1) is 19.5. The van der Waals surface area contributed by atoms with E-state index in [4.69, 9.17) is 0 Å². The van der Waals surface area contributed by atoms with Crippen LogP contribution in [0.15, 0.2) is 4.99 Å². The van der Waals surface area contributed by atoms with Gasteiger partial charge in [-0.25, -0.2) is 0 Å². The van der Waals surface area contributed by atoms with Crippen molar-refractivity contribution in [1.29, 1.82) is 0 Å². The molecule has 118 valence electrons. The number of hydrogen-bond acceptors (Lipinski definition) is 2. The summed E-state index contributed by atoms with van der Waals surface area (Å²) in [5, 5.41) is 9.37. The largest absolute Gasteiger partial charge is 0.354 e. The van der Waals surface area contributed by atoms with Gasteiger partial charge in [-0.05, 0) is 33.6 Å². The molecule has 1 aliphatic rings. The van der Waals surface area contributed by atoms with Crippen molar-refractivity contribution < 1.29 is 4.79 Å². The molecule has 6 heteroatoms. The van der Waals surface area contributed by atoms with Gasteiger partial charge < -0.3 is 16.0 Å². The Balaban J connectivity index is 0.00000361. The number of rotatable bonds is 3. The van der Waals surface area contributed by atoms with E-state index in [0.717, 1.165) is 5.96 Å². The lowest BCUT2D eigenvalue weighted by atomic mass is 9.96. The molecular formula is C14H29IN4O. The summed E-state index contributed by atoms with van der Waals surface area (Å²) in [7, 11) is 1.74. The molecule has 0 heterocycles. The van der Waals surface area contributed by atoms with Gasteiger partial charge in [0.15, 0.2) is 5.96 Å². The average molecular weight is 396 g/mol. The van der Waals surface area contributed by atoms with Gasteiger partial charge in [0.2, 0.25) is 5.91 Å². The summed E-state index contributed by atoms with van der Waals surface area (Å²) in [6.45, 7) is 6.17. The third kappa shape index (κ3) is 8.60. The van der Waals surface area contributed by atoms with E-state index in [-0.39, 0.29) is 42.0 Å². The van der Waals surface area contributed by atoms with Crippen molar-refractivity contribution in [3.05, 3.63) is 0 Å². The van der Waals surface area contributed by atoms with Gasteiger partial charge in [-0.1, -0.05) is 19.3 Å². The highest BCUT2D eigenvalue weighted by atomic mass is 127. The lowest BCUT2D eigenvalue weighted by molar-refractivity contribution is -0.121. The van der Waals surface area contributed by atoms with Crippen LogP contribution < -0.4 is 16.0 Å². The number of carbonyl (C=O) groups excluding carboxylic acids is 1. The molecule has 0 bridgehead atoms. The van der Waals surface area contributed by atoms with Crippen molar-refractivity contribution in [2.75, 3.05) is 13.6 Å². The molecular weight excluding hydrogens is 367 g/mol. The number of halogens is 1. The predicted molar refractivity (Wildman–Crippen MR) is 94.7 cm³/mol. The van der Waals surface area contributed by atoms with Crippen molar-refractivity contribution in [3.63, 3.8) is 0 Å². The van der Waals surface area contributed by atoms with Crippen molar-refractivity contribution >= 4 is 35.8 Å². The summed E-state index contributed by atoms with van der Waals surface area (Å²) in [6, 6.07) is 0.491. The minimum absolute atomic E-state index is 0. The zero-order valence-electron chi connectivity index (χ0n) is 13.1. The van der Waals surface area contributed by atoms with Crippen LogP contribution in [0.1, 0.15) is 52.9 Å². The number of hydrogen-bond donors (Lipinski definition) is 3. The van der Waals surface area contributed by atoms with Crippen LogP contribution >= 0.6 is 24.0 Å². The van der Waals surface area contributed by atoms with Crippen LogP contribution in [0.4, 0.5) is 0 Å². The minimum atomic E-state index is -0.195. The van der Waals surface area contributed by atoms with Crippen molar-refractivity contribution in [3.8, 4) is 0 Å². The first-order chi connectivity index (χ1) is 8.90. The zero-order valence-corrected chi connectivity index (χ0v) is 15.4. The highest BCUT2D eigenvalue weighted by molar-refractivity contribution is 14.0. The lowest BCUT2D eigenvalue weighted by Crippen LogP contribution is -2.50. The molecule has 0 saturated heterocycles. The smallest absolute Gasteiger partial charge is 0.239 e. The summed E-state index contributed by atoms with van der Waals surface area (Å²) < 4.78 is 0. The minimum Gasteiger partial charge on any atom is -0.354 e. The maximum Gasteiger partial charge on any atom is 0.239 e. The molecule has 1 aliphatic carbocycles. The second-order valence-electron chi connectivity index (χ2n) is 6.20. The number of guanidine groups is 1. The Hall–Kier alpha value is -0.530. The number of nitrogens with zero attached hydrogens (tertiary/aromatic N) is 1. The van der Waals surface area contributed by atoms with Gasteiger partial charge in [0.1, 0.15) is 0 Å². The van der Waals surface area contributed by atoms with E-state index in [0.29, 0.717) is 6.04 Å². The number of carbonyl (C=O) groups is 1. The highest BCUT2D eigenvalue weighted by Gasteiger charge is 2.16. The predicted octanol–water partition coefficient (Wildman–Crippen LogP) is 2.02. The Kier molecular flexibility index (Phi) is 9.16. The van der Waals surface area contributed by atoms with E-state index in [2.05, 4.69) is 20.9 Å². The Morgan fingerprint density at radius 1 is 1.20 bits per heavy atom. The number of nitrogens with one attached hydrogen (secondary N) is 3. The molecule has 0 spiro atoms. The summed E-state index contributed by atoms with van der Waals surface area (Å²) in [6.07, 6.45) is 6.26. The Morgan fingerprint density at radius 3 is 2.30 bits per heavy atom. The average Bonchev–Trinajstić information content (AvgIpc) is 2.33. The molecule has 5 nitrogen and oxygen atoms in total. The third-order valence-electron chi connectivity index (χ3n) is 3.10. The van der Waals surface area contributed by atoms with Crippen LogP contribution in [0.5, 0.6) is 0 Å². The molecule has 0 radical (unpaired) electrons. The summed E-state index contributed by atoms with van der Waals surface area (Å²) in [5.74, 6) is 0.704. The van der Waals surface area contributed by atoms with E-state index < -0.39 is 0 Å². The van der Waals surface area contributed by atoms with Crippen LogP contribution in [0.2, 0.25) is 0 Å². The van der Waals surface area contributed by atoms with Crippen molar-refractivity contribution in [2.24, 2.45) is 4.99 Å². The molecule has 0 aliphatic heterocycles. The normalized spacial score (nSPS) is 17.1. The van der Waals surface area contributed by atoms with Crippen molar-refractivity contribution in [1.82, 2.24) is 16.0 Å². The lowest BCUT2D eigenvalue weighted by Gasteiger charge is -2.25. The summed E-state index contributed by atoms with van der Waals surface area (Å²) >= 11 is 0. The maximum atomic E-state index is 11.7. The molecule has 20 heavy (non-hydrogen) atoms. The summed E-state index contributed by atoms with van der Waals surface area (Å²) in [4.78, 5) is 15.9. The zero-order chi connectivity index (χ0) is 14.3. The van der Waals surface area contributed by atoms with Gasteiger partial charge >= 0.3 is 0 Å². The van der Waals surface area contributed by atoms with E-state index in [1.54, 1.807) is 7.05 Å². The molecule has 1 fully saturated rings. The topological polar surface area (TPSA) is 65.5 Å². The molecule has 0 aromatic heterocycles. The second-order valence-corrected chi connectivity index (χ2v) is 6.20. The van der Waals surface area contributed by atoms with Crippen LogP contribution in [0, 0.1) is 0 Å². The third-order valence-corrected chi connectivity index (χ3v) is 3.10. The number of aliphatic imine (C=N–C) groups is 1. The molecule has 1 saturated carbocycles. The van der Waals surface area contributed by atoms with Crippen LogP contribution in [-0.2, 0) is 4.79 Å². The van der Waals surface area contributed by atoms with Gasteiger partial charge in [-0.3, -0.25) is 9.79 Å². The maximum absolute atomic E-state index is 11.7. The quantitative estimate of drug-likeness (QED) is 0.389. The van der Waals surface area contributed by atoms with Gasteiger partial charge in [-0.2, -0.15) is 0 Å². The van der Waals surface area contributed by atoms with E-state index in [1.807, 2.05) is 20.8 Å². The molecule has 0 aromatic rings. The van der Waals surface area contributed by atoms with E-state index in [1.165, 1.54) is 32.1 Å². The van der Waals surface area contributed by atoms with E-state index >= 15 is 0 Å². The standard InChI is InChI=1S/C14H28N4O.HI/c1-14(2,3)18-12(19)10-16-13(15-4)17-11-8-6-5-7-9-11;/h11H,5-10H2,1-4H3,(H,18,19)(H2,15,16,17);1H. The fourth-order valence-electron chi connectivity index (χ4n) is 2.26. The van der Waals surface area contributed by atoms with Gasteiger partial charge in [0, 0.05) is 18.6 Å². The van der Waals surface area contributed by atoms with Crippen LogP contribution in [0.3, 0.4) is 0 Å². The second kappa shape index (κ2) is 9.41. The van der Waals surface area contributed by atoms with Gasteiger partial charge in [0.05, 0.1) is 6.54 Å². The van der Waals surface area contributed by atoms with Crippen molar-refractivity contribution in [2.45, 2.75) is 64.5 Å². The highest BCUT2D eigenvalue weighted by Crippen LogP contribution is 2.17. The molecule has 3 N–H and O–H groups in total. The number of amides is 1. The van der Waals surface area contributed by atoms with Gasteiger partial charge in [-0.15, -0.1) is 24.0 Å². The SMILES string of the molecule is CN=C(NCC(=O)NC(C)(C)C)NC1CCCCC1.I. The van der Waals surface area contributed by atoms with E-state index in [9.17, 15) is 4.79 Å². The molecule has 0 unspecified atom stereocenters. The van der Waals surface area contributed by atoms with Crippen LogP contribution in [-0.4, -0.2) is 37.0 Å². The fraction of sp³-hybridized carbons (Fsp3) is 0.857. The summed E-state index contributed by atoms with van der Waals surface area (Å²) in [5.41, 5.74) is -0.195. The monoisotopic (exact) mass is 396 g/mol. The Labute approximate surface area is 139 Å². The van der Waals surface area contributed by atoms with Gasteiger partial charge in [0.25, 0.3) is 0 Å². The molecule has 1 rings (SSSR count). The first-order valence-corrected chi connectivity index (χ1v) is 7.19. The Morgan fingerprint density at radius 2 is 1.80 bits per heavy atom. The van der Waals surface area contributed by atoms with Crippen LogP contribution in [0.25, 0.3) is 0 Å². The first-order valence-electron chi connectivity index (χ1n) is 7.19. The fourth-order valence-corrected chi connectivity index (χ4v) is 2.26. The molecule has 0 atom stereocenters. The Bertz CT molecular complexity index is 320.